The van der Waals surface area contributed by atoms with Gasteiger partial charge in [-0.2, -0.15) is 0 Å². The highest BCUT2D eigenvalue weighted by Crippen LogP contribution is 2.25. The molecule has 0 bridgehead atoms. The number of hydrogen-bond acceptors (Lipinski definition) is 7. The van der Waals surface area contributed by atoms with E-state index in [0.717, 1.165) is 66.3 Å². The van der Waals surface area contributed by atoms with Crippen LogP contribution in [0.5, 0.6) is 0 Å². The summed E-state index contributed by atoms with van der Waals surface area (Å²) in [5.74, 6) is 0.940. The van der Waals surface area contributed by atoms with E-state index in [1.54, 1.807) is 6.20 Å². The van der Waals surface area contributed by atoms with Crippen LogP contribution in [-0.2, 0) is 13.0 Å². The number of fused-ring (bicyclic) bond motifs is 1. The van der Waals surface area contributed by atoms with Crippen molar-refractivity contribution in [3.63, 3.8) is 0 Å². The third kappa shape index (κ3) is 5.24. The number of pyridine rings is 1. The molecule has 4 heterocycles. The van der Waals surface area contributed by atoms with Gasteiger partial charge in [-0.1, -0.05) is 36.4 Å². The summed E-state index contributed by atoms with van der Waals surface area (Å²) in [4.78, 5) is 37.8. The molecule has 8 heteroatoms. The van der Waals surface area contributed by atoms with Crippen LogP contribution >= 0.6 is 0 Å². The molecule has 5 aromatic rings. The summed E-state index contributed by atoms with van der Waals surface area (Å²) < 4.78 is 0. The van der Waals surface area contributed by atoms with Crippen molar-refractivity contribution in [1.82, 2.24) is 29.8 Å². The van der Waals surface area contributed by atoms with E-state index in [-0.39, 0.29) is 5.78 Å². The Kier molecular flexibility index (Phi) is 6.39. The van der Waals surface area contributed by atoms with E-state index >= 15 is 0 Å². The number of aromatic nitrogens is 5. The van der Waals surface area contributed by atoms with Gasteiger partial charge >= 0.3 is 0 Å². The maximum Gasteiger partial charge on any atom is 0.184 e. The zero-order valence-corrected chi connectivity index (χ0v) is 20.4. The second-order valence-electron chi connectivity index (χ2n) is 9.32. The molecule has 0 atom stereocenters. The van der Waals surface area contributed by atoms with Crippen molar-refractivity contribution in [3.05, 3.63) is 103 Å². The fourth-order valence-corrected chi connectivity index (χ4v) is 4.72. The number of H-pyrrole nitrogens is 1. The molecule has 1 N–H and O–H groups in total. The molecule has 0 saturated carbocycles. The molecular formula is C29H27N7O. The van der Waals surface area contributed by atoms with E-state index in [4.69, 9.17) is 4.98 Å². The Labute approximate surface area is 215 Å². The number of carbonyl (C=O) groups is 1. The fraction of sp³-hybridized carbons (Fsp3) is 0.207. The summed E-state index contributed by atoms with van der Waals surface area (Å²) in [5, 5.41) is 0. The number of aromatic amines is 1. The van der Waals surface area contributed by atoms with Crippen molar-refractivity contribution in [1.29, 1.82) is 0 Å². The van der Waals surface area contributed by atoms with Gasteiger partial charge in [0.1, 0.15) is 11.5 Å². The Bertz CT molecular complexity index is 1490. The largest absolute Gasteiger partial charge is 0.353 e. The maximum absolute atomic E-state index is 12.3. The van der Waals surface area contributed by atoms with Crippen LogP contribution in [0.25, 0.3) is 22.2 Å². The third-order valence-corrected chi connectivity index (χ3v) is 6.81. The van der Waals surface area contributed by atoms with Gasteiger partial charge in [0, 0.05) is 51.5 Å². The molecule has 0 amide bonds. The summed E-state index contributed by atoms with van der Waals surface area (Å²) in [7, 11) is 0. The van der Waals surface area contributed by atoms with E-state index in [0.29, 0.717) is 12.1 Å². The van der Waals surface area contributed by atoms with Crippen molar-refractivity contribution in [2.45, 2.75) is 13.0 Å². The number of piperazine rings is 1. The number of carbonyl (C=O) groups excluding carboxylic acids is 1. The van der Waals surface area contributed by atoms with Crippen LogP contribution in [0.3, 0.4) is 0 Å². The summed E-state index contributed by atoms with van der Waals surface area (Å²) in [6.45, 7) is 4.70. The SMILES string of the molecule is O=C(Cc1ccc(-c2ccc3ncc(N4CCN(Cc5cccnc5)CC4)nc3c2)cc1)c1cnc[nH]1. The van der Waals surface area contributed by atoms with Crippen molar-refractivity contribution in [3.8, 4) is 11.1 Å². The number of Topliss-reactive ketones (excluding diaryl/α,β-unsaturated/α-hetero) is 1. The lowest BCUT2D eigenvalue weighted by molar-refractivity contribution is 0.0988. The third-order valence-electron chi connectivity index (χ3n) is 6.81. The number of imidazole rings is 1. The summed E-state index contributed by atoms with van der Waals surface area (Å²) >= 11 is 0. The first-order valence-corrected chi connectivity index (χ1v) is 12.5. The minimum Gasteiger partial charge on any atom is -0.353 e. The van der Waals surface area contributed by atoms with Crippen LogP contribution in [0.15, 0.2) is 85.7 Å². The van der Waals surface area contributed by atoms with Crippen LogP contribution in [-0.4, -0.2) is 61.8 Å². The van der Waals surface area contributed by atoms with Crippen LogP contribution in [0.4, 0.5) is 5.82 Å². The second-order valence-corrected chi connectivity index (χ2v) is 9.32. The highest BCUT2D eigenvalue weighted by Gasteiger charge is 2.19. The Morgan fingerprint density at radius 2 is 1.68 bits per heavy atom. The average molecular weight is 490 g/mol. The number of ketones is 1. The number of nitrogens with one attached hydrogen (secondary N) is 1. The van der Waals surface area contributed by atoms with Gasteiger partial charge in [0.2, 0.25) is 0 Å². The molecule has 0 spiro atoms. The van der Waals surface area contributed by atoms with Gasteiger partial charge in [-0.15, -0.1) is 0 Å². The molecule has 1 aliphatic rings. The predicted molar refractivity (Wildman–Crippen MR) is 143 cm³/mol. The Morgan fingerprint density at radius 1 is 0.838 bits per heavy atom. The van der Waals surface area contributed by atoms with Gasteiger partial charge in [0.15, 0.2) is 5.78 Å². The quantitative estimate of drug-likeness (QED) is 0.343. The summed E-state index contributed by atoms with van der Waals surface area (Å²) in [6, 6.07) is 18.4. The number of hydrogen-bond donors (Lipinski definition) is 1. The Hall–Kier alpha value is -4.43. The van der Waals surface area contributed by atoms with E-state index in [2.05, 4.69) is 60.1 Å². The Morgan fingerprint density at radius 3 is 2.43 bits per heavy atom. The van der Waals surface area contributed by atoms with E-state index < -0.39 is 0 Å². The first-order valence-electron chi connectivity index (χ1n) is 12.5. The van der Waals surface area contributed by atoms with Crippen molar-refractivity contribution >= 4 is 22.6 Å². The van der Waals surface area contributed by atoms with Crippen LogP contribution < -0.4 is 4.90 Å². The predicted octanol–water partition coefficient (Wildman–Crippen LogP) is 4.16. The molecule has 1 saturated heterocycles. The number of benzene rings is 2. The lowest BCUT2D eigenvalue weighted by atomic mass is 10.0. The van der Waals surface area contributed by atoms with Gasteiger partial charge in [0.25, 0.3) is 0 Å². The van der Waals surface area contributed by atoms with E-state index in [9.17, 15) is 4.79 Å². The maximum atomic E-state index is 12.3. The Balaban J connectivity index is 1.14. The van der Waals surface area contributed by atoms with Gasteiger partial charge in [-0.25, -0.2) is 9.97 Å². The van der Waals surface area contributed by atoms with Crippen LogP contribution in [0.2, 0.25) is 0 Å². The second kappa shape index (κ2) is 10.3. The van der Waals surface area contributed by atoms with Crippen molar-refractivity contribution in [2.75, 3.05) is 31.1 Å². The van der Waals surface area contributed by atoms with Gasteiger partial charge < -0.3 is 9.88 Å². The van der Waals surface area contributed by atoms with E-state index in [1.807, 2.05) is 42.9 Å². The monoisotopic (exact) mass is 489 g/mol. The highest BCUT2D eigenvalue weighted by atomic mass is 16.1. The molecule has 0 radical (unpaired) electrons. The molecule has 1 aliphatic heterocycles. The molecule has 0 unspecified atom stereocenters. The highest BCUT2D eigenvalue weighted by molar-refractivity contribution is 5.95. The molecule has 1 fully saturated rings. The minimum absolute atomic E-state index is 0.0247. The van der Waals surface area contributed by atoms with Crippen molar-refractivity contribution < 1.29 is 4.79 Å². The molecule has 0 aliphatic carbocycles. The lowest BCUT2D eigenvalue weighted by Crippen LogP contribution is -2.46. The molecule has 184 valence electrons. The fourth-order valence-electron chi connectivity index (χ4n) is 4.72. The number of nitrogens with zero attached hydrogens (tertiary/aromatic N) is 6. The standard InChI is InChI=1S/C29H27N7O/c37-28(27-17-31-20-33-27)14-21-3-5-23(6-4-21)24-7-8-25-26(15-24)34-29(18-32-25)36-12-10-35(11-13-36)19-22-2-1-9-30-16-22/h1-9,15-18,20H,10-14,19H2,(H,31,33). The molecule has 2 aromatic carbocycles. The van der Waals surface area contributed by atoms with Crippen LogP contribution in [0, 0.1) is 0 Å². The zero-order chi connectivity index (χ0) is 25.0. The smallest absolute Gasteiger partial charge is 0.184 e. The van der Waals surface area contributed by atoms with Gasteiger partial charge in [-0.3, -0.25) is 19.7 Å². The number of rotatable bonds is 7. The van der Waals surface area contributed by atoms with Gasteiger partial charge in [-0.05, 0) is 40.5 Å². The number of anilines is 1. The first-order chi connectivity index (χ1) is 18.2. The molecule has 3 aromatic heterocycles. The first kappa shape index (κ1) is 23.0. The summed E-state index contributed by atoms with van der Waals surface area (Å²) in [5.41, 5.74) is 6.65. The van der Waals surface area contributed by atoms with Crippen LogP contribution in [0.1, 0.15) is 21.6 Å². The summed E-state index contributed by atoms with van der Waals surface area (Å²) in [6.07, 6.45) is 9.05. The van der Waals surface area contributed by atoms with Gasteiger partial charge in [0.05, 0.1) is 29.8 Å². The lowest BCUT2D eigenvalue weighted by Gasteiger charge is -2.35. The van der Waals surface area contributed by atoms with Crippen molar-refractivity contribution in [2.24, 2.45) is 0 Å². The van der Waals surface area contributed by atoms with E-state index in [1.165, 1.54) is 11.9 Å². The minimum atomic E-state index is 0.0247. The topological polar surface area (TPSA) is 90.9 Å². The molecule has 8 nitrogen and oxygen atoms in total. The molecule has 6 rings (SSSR count). The molecular weight excluding hydrogens is 462 g/mol. The zero-order valence-electron chi connectivity index (χ0n) is 20.4. The normalized spacial score (nSPS) is 14.2. The average Bonchev–Trinajstić information content (AvgIpc) is 3.49. The molecule has 37 heavy (non-hydrogen) atoms.